The van der Waals surface area contributed by atoms with Gasteiger partial charge >= 0.3 is 0 Å². The predicted octanol–water partition coefficient (Wildman–Crippen LogP) is 4.01. The Morgan fingerprint density at radius 2 is 1.60 bits per heavy atom. The molecule has 0 radical (unpaired) electrons. The average molecular weight is 349 g/mol. The number of carbonyl (C=O) groups excluding carboxylic acids is 1. The molecule has 1 aliphatic heterocycles. The number of nitrogens with zero attached hydrogens (tertiary/aromatic N) is 3. The summed E-state index contributed by atoms with van der Waals surface area (Å²) in [6, 6.07) is 18.2. The molecule has 4 nitrogen and oxygen atoms in total. The first-order valence-corrected chi connectivity index (χ1v) is 9.53. The number of amides is 1. The van der Waals surface area contributed by atoms with Crippen LogP contribution in [0.3, 0.4) is 0 Å². The highest BCUT2D eigenvalue weighted by atomic mass is 32.2. The van der Waals surface area contributed by atoms with Gasteiger partial charge in [0, 0.05) is 29.4 Å². The van der Waals surface area contributed by atoms with Crippen LogP contribution in [0.4, 0.5) is 0 Å². The van der Waals surface area contributed by atoms with Gasteiger partial charge in [0.2, 0.25) is 5.91 Å². The Bertz CT molecular complexity index is 892. The van der Waals surface area contributed by atoms with Crippen LogP contribution in [0.1, 0.15) is 12.8 Å². The zero-order chi connectivity index (χ0) is 17.1. The smallest absolute Gasteiger partial charge is 0.232 e. The number of carbonyl (C=O) groups is 1. The summed E-state index contributed by atoms with van der Waals surface area (Å²) < 4.78 is 0. The number of rotatable bonds is 4. The standard InChI is InChI=1S/C20H19N3OS/c24-18(23-12-6-7-13-23)14-25-20-17-11-5-4-10-16(17)19(21-22-20)15-8-2-1-3-9-15/h1-5,8-11H,6-7,12-14H2. The normalized spacial score (nSPS) is 14.2. The lowest BCUT2D eigenvalue weighted by molar-refractivity contribution is -0.127. The average Bonchev–Trinajstić information content (AvgIpc) is 3.21. The second kappa shape index (κ2) is 7.23. The summed E-state index contributed by atoms with van der Waals surface area (Å²) in [4.78, 5) is 14.2. The van der Waals surface area contributed by atoms with E-state index in [1.54, 1.807) is 0 Å². The Labute approximate surface area is 151 Å². The Kier molecular flexibility index (Phi) is 4.65. The molecule has 5 heteroatoms. The van der Waals surface area contributed by atoms with Gasteiger partial charge in [-0.3, -0.25) is 4.79 Å². The van der Waals surface area contributed by atoms with Gasteiger partial charge in [-0.1, -0.05) is 66.4 Å². The highest BCUT2D eigenvalue weighted by molar-refractivity contribution is 8.00. The number of aromatic nitrogens is 2. The molecule has 0 N–H and O–H groups in total. The van der Waals surface area contributed by atoms with Crippen LogP contribution in [0.2, 0.25) is 0 Å². The fourth-order valence-corrected chi connectivity index (χ4v) is 4.06. The third-order valence-corrected chi connectivity index (χ3v) is 5.46. The number of benzene rings is 2. The highest BCUT2D eigenvalue weighted by Crippen LogP contribution is 2.31. The molecule has 1 saturated heterocycles. The van der Waals surface area contributed by atoms with Gasteiger partial charge in [-0.25, -0.2) is 0 Å². The molecule has 0 saturated carbocycles. The van der Waals surface area contributed by atoms with E-state index in [1.807, 2.05) is 47.4 Å². The van der Waals surface area contributed by atoms with Crippen molar-refractivity contribution in [2.75, 3.05) is 18.8 Å². The molecule has 126 valence electrons. The van der Waals surface area contributed by atoms with Crippen LogP contribution in [-0.2, 0) is 4.79 Å². The van der Waals surface area contributed by atoms with Crippen molar-refractivity contribution in [2.45, 2.75) is 17.9 Å². The maximum Gasteiger partial charge on any atom is 0.232 e. The molecular formula is C20H19N3OS. The van der Waals surface area contributed by atoms with Crippen molar-refractivity contribution in [3.8, 4) is 11.3 Å². The molecule has 2 aromatic carbocycles. The lowest BCUT2D eigenvalue weighted by Gasteiger charge is -2.15. The van der Waals surface area contributed by atoms with Gasteiger partial charge in [0.1, 0.15) is 10.7 Å². The molecule has 1 amide bonds. The molecule has 1 fully saturated rings. The van der Waals surface area contributed by atoms with Gasteiger partial charge in [0.05, 0.1) is 5.75 Å². The largest absolute Gasteiger partial charge is 0.342 e. The third-order valence-electron chi connectivity index (χ3n) is 4.49. The number of hydrogen-bond acceptors (Lipinski definition) is 4. The van der Waals surface area contributed by atoms with E-state index in [0.29, 0.717) is 5.75 Å². The summed E-state index contributed by atoms with van der Waals surface area (Å²) in [6.07, 6.45) is 2.23. The van der Waals surface area contributed by atoms with Crippen LogP contribution < -0.4 is 0 Å². The summed E-state index contributed by atoms with van der Waals surface area (Å²) in [6.45, 7) is 1.78. The van der Waals surface area contributed by atoms with Crippen molar-refractivity contribution in [1.29, 1.82) is 0 Å². The first kappa shape index (κ1) is 16.1. The topological polar surface area (TPSA) is 46.1 Å². The summed E-state index contributed by atoms with van der Waals surface area (Å²) in [5.41, 5.74) is 1.93. The Morgan fingerprint density at radius 3 is 2.36 bits per heavy atom. The van der Waals surface area contributed by atoms with Crippen LogP contribution in [-0.4, -0.2) is 39.8 Å². The van der Waals surface area contributed by atoms with Crippen LogP contribution in [0, 0.1) is 0 Å². The van der Waals surface area contributed by atoms with E-state index in [2.05, 4.69) is 22.3 Å². The zero-order valence-electron chi connectivity index (χ0n) is 13.9. The lowest BCUT2D eigenvalue weighted by Crippen LogP contribution is -2.29. The molecule has 0 unspecified atom stereocenters. The minimum Gasteiger partial charge on any atom is -0.342 e. The minimum absolute atomic E-state index is 0.195. The van der Waals surface area contributed by atoms with Crippen molar-refractivity contribution in [3.63, 3.8) is 0 Å². The van der Waals surface area contributed by atoms with E-state index < -0.39 is 0 Å². The minimum atomic E-state index is 0.195. The first-order chi connectivity index (χ1) is 12.3. The second-order valence-corrected chi connectivity index (χ2v) is 7.11. The molecule has 1 aromatic heterocycles. The van der Waals surface area contributed by atoms with Crippen molar-refractivity contribution >= 4 is 28.4 Å². The van der Waals surface area contributed by atoms with Crippen LogP contribution in [0.15, 0.2) is 59.6 Å². The van der Waals surface area contributed by atoms with E-state index >= 15 is 0 Å². The number of thioether (sulfide) groups is 1. The van der Waals surface area contributed by atoms with E-state index in [4.69, 9.17) is 0 Å². The fourth-order valence-electron chi connectivity index (χ4n) is 3.18. The maximum atomic E-state index is 12.3. The number of hydrogen-bond donors (Lipinski definition) is 0. The fraction of sp³-hybridized carbons (Fsp3) is 0.250. The highest BCUT2D eigenvalue weighted by Gasteiger charge is 2.19. The predicted molar refractivity (Wildman–Crippen MR) is 102 cm³/mol. The van der Waals surface area contributed by atoms with Crippen LogP contribution in [0.25, 0.3) is 22.0 Å². The Hall–Kier alpha value is -2.40. The van der Waals surface area contributed by atoms with Crippen molar-refractivity contribution < 1.29 is 4.79 Å². The molecule has 4 rings (SSSR count). The molecule has 1 aliphatic rings. The molecule has 3 aromatic rings. The zero-order valence-corrected chi connectivity index (χ0v) is 14.7. The van der Waals surface area contributed by atoms with E-state index in [0.717, 1.165) is 53.0 Å². The van der Waals surface area contributed by atoms with Gasteiger partial charge < -0.3 is 4.90 Å². The van der Waals surface area contributed by atoms with E-state index in [-0.39, 0.29) is 5.91 Å². The molecule has 0 aliphatic carbocycles. The van der Waals surface area contributed by atoms with Gasteiger partial charge in [-0.05, 0) is 12.8 Å². The second-order valence-electron chi connectivity index (χ2n) is 6.14. The summed E-state index contributed by atoms with van der Waals surface area (Å²) in [5.74, 6) is 0.615. The monoisotopic (exact) mass is 349 g/mol. The Balaban J connectivity index is 1.63. The first-order valence-electron chi connectivity index (χ1n) is 8.54. The molecular weight excluding hydrogens is 330 g/mol. The van der Waals surface area contributed by atoms with Gasteiger partial charge in [0.25, 0.3) is 0 Å². The molecule has 0 spiro atoms. The van der Waals surface area contributed by atoms with Crippen LogP contribution in [0.5, 0.6) is 0 Å². The number of fused-ring (bicyclic) bond motifs is 1. The van der Waals surface area contributed by atoms with E-state index in [1.165, 1.54) is 11.8 Å². The molecule has 2 heterocycles. The van der Waals surface area contributed by atoms with Gasteiger partial charge in [0.15, 0.2) is 0 Å². The summed E-state index contributed by atoms with van der Waals surface area (Å²) in [5, 5.41) is 11.8. The maximum absolute atomic E-state index is 12.3. The van der Waals surface area contributed by atoms with Crippen molar-refractivity contribution in [3.05, 3.63) is 54.6 Å². The van der Waals surface area contributed by atoms with Crippen LogP contribution >= 0.6 is 11.8 Å². The number of likely N-dealkylation sites (tertiary alicyclic amines) is 1. The quantitative estimate of drug-likeness (QED) is 0.668. The SMILES string of the molecule is O=C(CSc1nnc(-c2ccccc2)c2ccccc12)N1CCCC1. The molecule has 0 bridgehead atoms. The summed E-state index contributed by atoms with van der Waals surface area (Å²) in [7, 11) is 0. The molecule has 25 heavy (non-hydrogen) atoms. The lowest BCUT2D eigenvalue weighted by atomic mass is 10.1. The third kappa shape index (κ3) is 3.37. The van der Waals surface area contributed by atoms with Gasteiger partial charge in [-0.2, -0.15) is 0 Å². The summed E-state index contributed by atoms with van der Waals surface area (Å²) >= 11 is 1.48. The molecule has 0 atom stereocenters. The van der Waals surface area contributed by atoms with Crippen molar-refractivity contribution in [1.82, 2.24) is 15.1 Å². The Morgan fingerprint density at radius 1 is 0.920 bits per heavy atom. The van der Waals surface area contributed by atoms with Crippen molar-refractivity contribution in [2.24, 2.45) is 0 Å². The van der Waals surface area contributed by atoms with E-state index in [9.17, 15) is 4.79 Å². The van der Waals surface area contributed by atoms with Gasteiger partial charge in [-0.15, -0.1) is 10.2 Å².